The van der Waals surface area contributed by atoms with E-state index in [9.17, 15) is 4.79 Å². The fourth-order valence-corrected chi connectivity index (χ4v) is 2.30. The van der Waals surface area contributed by atoms with Crippen molar-refractivity contribution in [3.05, 3.63) is 29.8 Å². The number of hydrogen-bond acceptors (Lipinski definition) is 4. The summed E-state index contributed by atoms with van der Waals surface area (Å²) in [6.07, 6.45) is 5.13. The molecule has 0 unspecified atom stereocenters. The molecule has 0 aliphatic heterocycles. The predicted molar refractivity (Wildman–Crippen MR) is 77.9 cm³/mol. The number of ether oxygens (including phenoxy) is 2. The zero-order chi connectivity index (χ0) is 14.9. The Morgan fingerprint density at radius 2 is 2.00 bits per heavy atom. The van der Waals surface area contributed by atoms with E-state index in [1.165, 1.54) is 12.8 Å². The van der Waals surface area contributed by atoms with E-state index < -0.39 is 0 Å². The van der Waals surface area contributed by atoms with Gasteiger partial charge in [0.25, 0.3) is 5.91 Å². The molecule has 0 saturated heterocycles. The van der Waals surface area contributed by atoms with Gasteiger partial charge in [0.05, 0.1) is 24.3 Å². The number of carbonyl (C=O) groups is 1. The Labute approximate surface area is 124 Å². The summed E-state index contributed by atoms with van der Waals surface area (Å²) in [6, 6.07) is 8.69. The van der Waals surface area contributed by atoms with Crippen LogP contribution in [0.15, 0.2) is 24.3 Å². The molecule has 1 amide bonds. The second kappa shape index (κ2) is 8.28. The lowest BCUT2D eigenvalue weighted by Gasteiger charge is -2.11. The van der Waals surface area contributed by atoms with Crippen LogP contribution in [0.5, 0.6) is 5.75 Å². The number of nitrogens with one attached hydrogen (secondary N) is 1. The molecule has 112 valence electrons. The number of nitrogens with zero attached hydrogens (tertiary/aromatic N) is 1. The third-order valence-electron chi connectivity index (χ3n) is 3.43. The first-order chi connectivity index (χ1) is 10.3. The third kappa shape index (κ3) is 5.44. The predicted octanol–water partition coefficient (Wildman–Crippen LogP) is 2.01. The van der Waals surface area contributed by atoms with Crippen LogP contribution >= 0.6 is 0 Å². The number of amides is 1. The van der Waals surface area contributed by atoms with Crippen LogP contribution in [0.4, 0.5) is 0 Å². The van der Waals surface area contributed by atoms with E-state index in [2.05, 4.69) is 5.32 Å². The van der Waals surface area contributed by atoms with Gasteiger partial charge in [-0.3, -0.25) is 4.79 Å². The quantitative estimate of drug-likeness (QED) is 0.779. The summed E-state index contributed by atoms with van der Waals surface area (Å²) in [4.78, 5) is 11.6. The molecule has 0 bridgehead atoms. The lowest BCUT2D eigenvalue weighted by atomic mass is 10.2. The molecule has 0 atom stereocenters. The summed E-state index contributed by atoms with van der Waals surface area (Å²) in [5, 5.41) is 11.4. The monoisotopic (exact) mass is 288 g/mol. The summed E-state index contributed by atoms with van der Waals surface area (Å²) in [5.41, 5.74) is 0.566. The van der Waals surface area contributed by atoms with E-state index >= 15 is 0 Å². The summed E-state index contributed by atoms with van der Waals surface area (Å²) in [5.74, 6) is 0.403. The maximum atomic E-state index is 11.6. The molecular formula is C16H20N2O3. The molecule has 1 fully saturated rings. The summed E-state index contributed by atoms with van der Waals surface area (Å²) in [6.45, 7) is 1.02. The van der Waals surface area contributed by atoms with E-state index in [1.807, 2.05) is 6.07 Å². The van der Waals surface area contributed by atoms with Gasteiger partial charge in [0.15, 0.2) is 6.61 Å². The summed E-state index contributed by atoms with van der Waals surface area (Å²) >= 11 is 0. The maximum Gasteiger partial charge on any atom is 0.258 e. The molecule has 1 aliphatic carbocycles. The van der Waals surface area contributed by atoms with Crippen LogP contribution in [0.1, 0.15) is 31.2 Å². The SMILES string of the molecule is N#Cc1ccc(OCC(=O)NCCOC2CCCC2)cc1. The minimum Gasteiger partial charge on any atom is -0.484 e. The molecule has 5 heteroatoms. The van der Waals surface area contributed by atoms with Crippen molar-refractivity contribution in [2.75, 3.05) is 19.8 Å². The Hall–Kier alpha value is -2.06. The van der Waals surface area contributed by atoms with Gasteiger partial charge in [-0.2, -0.15) is 5.26 Å². The maximum absolute atomic E-state index is 11.6. The Morgan fingerprint density at radius 1 is 1.29 bits per heavy atom. The average Bonchev–Trinajstić information content (AvgIpc) is 3.03. The molecule has 21 heavy (non-hydrogen) atoms. The van der Waals surface area contributed by atoms with Gasteiger partial charge in [-0.05, 0) is 37.1 Å². The average molecular weight is 288 g/mol. The zero-order valence-electron chi connectivity index (χ0n) is 12.0. The van der Waals surface area contributed by atoms with Crippen molar-refractivity contribution in [3.8, 4) is 11.8 Å². The highest BCUT2D eigenvalue weighted by Crippen LogP contribution is 2.20. The summed E-state index contributed by atoms with van der Waals surface area (Å²) < 4.78 is 11.0. The third-order valence-corrected chi connectivity index (χ3v) is 3.43. The van der Waals surface area contributed by atoms with Crippen molar-refractivity contribution in [1.82, 2.24) is 5.32 Å². The van der Waals surface area contributed by atoms with E-state index in [0.717, 1.165) is 12.8 Å². The Morgan fingerprint density at radius 3 is 2.67 bits per heavy atom. The molecule has 0 spiro atoms. The second-order valence-corrected chi connectivity index (χ2v) is 5.05. The second-order valence-electron chi connectivity index (χ2n) is 5.05. The largest absolute Gasteiger partial charge is 0.484 e. The van der Waals surface area contributed by atoms with Gasteiger partial charge >= 0.3 is 0 Å². The summed E-state index contributed by atoms with van der Waals surface area (Å²) in [7, 11) is 0. The molecule has 5 nitrogen and oxygen atoms in total. The van der Waals surface area contributed by atoms with Crippen LogP contribution in [0.3, 0.4) is 0 Å². The van der Waals surface area contributed by atoms with Crippen LogP contribution in [-0.4, -0.2) is 31.8 Å². The molecule has 1 aliphatic rings. The van der Waals surface area contributed by atoms with Crippen molar-refractivity contribution in [2.24, 2.45) is 0 Å². The Kier molecular flexibility index (Phi) is 6.04. The van der Waals surface area contributed by atoms with Crippen LogP contribution in [-0.2, 0) is 9.53 Å². The lowest BCUT2D eigenvalue weighted by Crippen LogP contribution is -2.32. The van der Waals surface area contributed by atoms with Crippen molar-refractivity contribution in [3.63, 3.8) is 0 Å². The fourth-order valence-electron chi connectivity index (χ4n) is 2.30. The van der Waals surface area contributed by atoms with E-state index in [-0.39, 0.29) is 12.5 Å². The molecule has 0 heterocycles. The standard InChI is InChI=1S/C16H20N2O3/c17-11-13-5-7-15(8-6-13)21-12-16(19)18-9-10-20-14-3-1-2-4-14/h5-8,14H,1-4,9-10,12H2,(H,18,19). The number of carbonyl (C=O) groups excluding carboxylic acids is 1. The molecule has 0 aromatic heterocycles. The van der Waals surface area contributed by atoms with Gasteiger partial charge in [0.2, 0.25) is 0 Å². The van der Waals surface area contributed by atoms with Gasteiger partial charge in [-0.1, -0.05) is 12.8 Å². The van der Waals surface area contributed by atoms with Gasteiger partial charge in [-0.15, -0.1) is 0 Å². The number of rotatable bonds is 7. The van der Waals surface area contributed by atoms with Gasteiger partial charge < -0.3 is 14.8 Å². The number of hydrogen-bond donors (Lipinski definition) is 1. The van der Waals surface area contributed by atoms with Crippen LogP contribution < -0.4 is 10.1 Å². The highest BCUT2D eigenvalue weighted by molar-refractivity contribution is 5.77. The smallest absolute Gasteiger partial charge is 0.258 e. The molecule has 1 aromatic carbocycles. The van der Waals surface area contributed by atoms with Crippen LogP contribution in [0.2, 0.25) is 0 Å². The molecule has 1 saturated carbocycles. The van der Waals surface area contributed by atoms with Gasteiger partial charge in [-0.25, -0.2) is 0 Å². The molecule has 2 rings (SSSR count). The van der Waals surface area contributed by atoms with Crippen LogP contribution in [0, 0.1) is 11.3 Å². The minimum atomic E-state index is -0.172. The van der Waals surface area contributed by atoms with E-state index in [4.69, 9.17) is 14.7 Å². The minimum absolute atomic E-state index is 0.0324. The van der Waals surface area contributed by atoms with Crippen molar-refractivity contribution < 1.29 is 14.3 Å². The topological polar surface area (TPSA) is 71.3 Å². The molecule has 1 N–H and O–H groups in total. The first kappa shape index (κ1) is 15.3. The fraction of sp³-hybridized carbons (Fsp3) is 0.500. The number of nitriles is 1. The number of benzene rings is 1. The van der Waals surface area contributed by atoms with E-state index in [0.29, 0.717) is 30.6 Å². The highest BCUT2D eigenvalue weighted by atomic mass is 16.5. The first-order valence-corrected chi connectivity index (χ1v) is 7.29. The first-order valence-electron chi connectivity index (χ1n) is 7.29. The van der Waals surface area contributed by atoms with E-state index in [1.54, 1.807) is 24.3 Å². The normalized spacial score (nSPS) is 14.6. The van der Waals surface area contributed by atoms with Gasteiger partial charge in [0, 0.05) is 6.54 Å². The Bertz CT molecular complexity index is 487. The van der Waals surface area contributed by atoms with Crippen molar-refractivity contribution in [1.29, 1.82) is 5.26 Å². The molecule has 1 aromatic rings. The van der Waals surface area contributed by atoms with Crippen molar-refractivity contribution in [2.45, 2.75) is 31.8 Å². The molecular weight excluding hydrogens is 268 g/mol. The van der Waals surface area contributed by atoms with Crippen LogP contribution in [0.25, 0.3) is 0 Å². The van der Waals surface area contributed by atoms with Gasteiger partial charge in [0.1, 0.15) is 5.75 Å². The molecule has 0 radical (unpaired) electrons. The highest BCUT2D eigenvalue weighted by Gasteiger charge is 2.14. The Balaban J connectivity index is 1.57. The lowest BCUT2D eigenvalue weighted by molar-refractivity contribution is -0.123. The van der Waals surface area contributed by atoms with Crippen molar-refractivity contribution >= 4 is 5.91 Å². The zero-order valence-corrected chi connectivity index (χ0v) is 12.0.